The Morgan fingerprint density at radius 3 is 2.93 bits per heavy atom. The molecule has 2 aromatic rings. The standard InChI is InChI=1S/C10H10N4S/c1-7-6-12-3-2-8(7)14-5-4-13-10(14)9(11)15/h2-6H,1H3,(H2,11,15). The highest BCUT2D eigenvalue weighted by Crippen LogP contribution is 2.13. The second-order valence-electron chi connectivity index (χ2n) is 3.15. The van der Waals surface area contributed by atoms with E-state index in [1.54, 1.807) is 18.6 Å². The Morgan fingerprint density at radius 1 is 1.47 bits per heavy atom. The van der Waals surface area contributed by atoms with Crippen LogP contribution in [0.1, 0.15) is 11.4 Å². The third-order valence-electron chi connectivity index (χ3n) is 2.11. The van der Waals surface area contributed by atoms with Crippen molar-refractivity contribution in [3.63, 3.8) is 0 Å². The number of pyridine rings is 1. The molecule has 2 N–H and O–H groups in total. The Balaban J connectivity index is 2.59. The zero-order valence-electron chi connectivity index (χ0n) is 8.21. The Kier molecular flexibility index (Phi) is 2.47. The van der Waals surface area contributed by atoms with Crippen molar-refractivity contribution in [3.05, 3.63) is 42.2 Å². The van der Waals surface area contributed by atoms with Gasteiger partial charge in [0.15, 0.2) is 5.82 Å². The van der Waals surface area contributed by atoms with Crippen molar-refractivity contribution in [2.45, 2.75) is 6.92 Å². The molecule has 0 aliphatic carbocycles. The van der Waals surface area contributed by atoms with Gasteiger partial charge in [-0.2, -0.15) is 0 Å². The summed E-state index contributed by atoms with van der Waals surface area (Å²) in [7, 11) is 0. The normalized spacial score (nSPS) is 10.2. The van der Waals surface area contributed by atoms with Gasteiger partial charge in [0.2, 0.25) is 0 Å². The molecule has 15 heavy (non-hydrogen) atoms. The monoisotopic (exact) mass is 218 g/mol. The maximum absolute atomic E-state index is 5.58. The van der Waals surface area contributed by atoms with Gasteiger partial charge >= 0.3 is 0 Å². The van der Waals surface area contributed by atoms with E-state index in [1.807, 2.05) is 23.8 Å². The molecule has 2 rings (SSSR count). The van der Waals surface area contributed by atoms with Crippen molar-refractivity contribution in [3.8, 4) is 5.69 Å². The van der Waals surface area contributed by atoms with Crippen molar-refractivity contribution in [2.24, 2.45) is 5.73 Å². The lowest BCUT2D eigenvalue weighted by Crippen LogP contribution is -2.16. The van der Waals surface area contributed by atoms with Crippen LogP contribution in [0.25, 0.3) is 5.69 Å². The summed E-state index contributed by atoms with van der Waals surface area (Å²) in [6, 6.07) is 1.90. The lowest BCUT2D eigenvalue weighted by Gasteiger charge is -2.08. The number of aromatic nitrogens is 3. The Hall–Kier alpha value is -1.75. The second-order valence-corrected chi connectivity index (χ2v) is 3.59. The lowest BCUT2D eigenvalue weighted by molar-refractivity contribution is 1.01. The molecule has 0 unspecified atom stereocenters. The highest BCUT2D eigenvalue weighted by Gasteiger charge is 2.08. The fourth-order valence-corrected chi connectivity index (χ4v) is 1.57. The Morgan fingerprint density at radius 2 is 2.27 bits per heavy atom. The van der Waals surface area contributed by atoms with Crippen LogP contribution >= 0.6 is 12.2 Å². The molecule has 0 bridgehead atoms. The first-order valence-corrected chi connectivity index (χ1v) is 4.85. The van der Waals surface area contributed by atoms with Gasteiger partial charge in [-0.3, -0.25) is 9.55 Å². The summed E-state index contributed by atoms with van der Waals surface area (Å²) in [5.41, 5.74) is 7.62. The fraction of sp³-hybridized carbons (Fsp3) is 0.100. The van der Waals surface area contributed by atoms with Gasteiger partial charge in [-0.15, -0.1) is 0 Å². The van der Waals surface area contributed by atoms with E-state index in [2.05, 4.69) is 9.97 Å². The highest BCUT2D eigenvalue weighted by molar-refractivity contribution is 7.80. The van der Waals surface area contributed by atoms with Crippen molar-refractivity contribution in [1.29, 1.82) is 0 Å². The summed E-state index contributed by atoms with van der Waals surface area (Å²) in [5.74, 6) is 0.597. The zero-order valence-corrected chi connectivity index (χ0v) is 9.03. The van der Waals surface area contributed by atoms with E-state index in [9.17, 15) is 0 Å². The predicted molar refractivity (Wildman–Crippen MR) is 62.0 cm³/mol. The zero-order chi connectivity index (χ0) is 10.8. The summed E-state index contributed by atoms with van der Waals surface area (Å²) in [4.78, 5) is 8.43. The molecule has 0 aliphatic rings. The molecule has 0 amide bonds. The summed E-state index contributed by atoms with van der Waals surface area (Å²) in [6.07, 6.45) is 7.02. The number of nitrogens with two attached hydrogens (primary N) is 1. The van der Waals surface area contributed by atoms with Gasteiger partial charge in [-0.05, 0) is 18.6 Å². The van der Waals surface area contributed by atoms with E-state index in [0.29, 0.717) is 5.82 Å². The van der Waals surface area contributed by atoms with E-state index in [0.717, 1.165) is 11.3 Å². The number of rotatable bonds is 2. The number of hydrogen-bond acceptors (Lipinski definition) is 3. The smallest absolute Gasteiger partial charge is 0.172 e. The quantitative estimate of drug-likeness (QED) is 0.770. The molecule has 0 saturated heterocycles. The molecule has 0 aromatic carbocycles. The first-order valence-electron chi connectivity index (χ1n) is 4.44. The average Bonchev–Trinajstić information content (AvgIpc) is 2.67. The molecular weight excluding hydrogens is 208 g/mol. The number of aryl methyl sites for hydroxylation is 1. The summed E-state index contributed by atoms with van der Waals surface area (Å²) in [6.45, 7) is 1.98. The topological polar surface area (TPSA) is 56.7 Å². The molecule has 0 fully saturated rings. The molecule has 76 valence electrons. The van der Waals surface area contributed by atoms with Gasteiger partial charge in [0.05, 0.1) is 5.69 Å². The van der Waals surface area contributed by atoms with E-state index in [-0.39, 0.29) is 4.99 Å². The van der Waals surface area contributed by atoms with Crippen LogP contribution in [0, 0.1) is 6.92 Å². The van der Waals surface area contributed by atoms with E-state index < -0.39 is 0 Å². The van der Waals surface area contributed by atoms with Gasteiger partial charge < -0.3 is 5.73 Å². The molecule has 0 spiro atoms. The Labute approximate surface area is 92.8 Å². The van der Waals surface area contributed by atoms with Crippen LogP contribution in [0.5, 0.6) is 0 Å². The predicted octanol–water partition coefficient (Wildman–Crippen LogP) is 1.21. The number of nitrogens with zero attached hydrogens (tertiary/aromatic N) is 3. The molecule has 0 radical (unpaired) electrons. The van der Waals surface area contributed by atoms with Crippen LogP contribution in [-0.4, -0.2) is 19.5 Å². The molecule has 0 atom stereocenters. The summed E-state index contributed by atoms with van der Waals surface area (Å²) < 4.78 is 1.86. The van der Waals surface area contributed by atoms with Crippen LogP contribution in [0.15, 0.2) is 30.9 Å². The first-order chi connectivity index (χ1) is 7.20. The number of imidazole rings is 1. The molecule has 4 nitrogen and oxygen atoms in total. The molecule has 5 heteroatoms. The van der Waals surface area contributed by atoms with Crippen LogP contribution in [-0.2, 0) is 0 Å². The molecule has 2 aromatic heterocycles. The largest absolute Gasteiger partial charge is 0.387 e. The van der Waals surface area contributed by atoms with Gasteiger partial charge in [0.25, 0.3) is 0 Å². The minimum absolute atomic E-state index is 0.288. The maximum Gasteiger partial charge on any atom is 0.172 e. The SMILES string of the molecule is Cc1cnccc1-n1ccnc1C(N)=S. The lowest BCUT2D eigenvalue weighted by atomic mass is 10.2. The highest BCUT2D eigenvalue weighted by atomic mass is 32.1. The summed E-state index contributed by atoms with van der Waals surface area (Å²) >= 11 is 4.93. The van der Waals surface area contributed by atoms with Gasteiger partial charge in [0.1, 0.15) is 4.99 Å². The third-order valence-corrected chi connectivity index (χ3v) is 2.29. The molecule has 0 aliphatic heterocycles. The van der Waals surface area contributed by atoms with Gasteiger partial charge in [-0.25, -0.2) is 4.98 Å². The Bertz CT molecular complexity index is 504. The van der Waals surface area contributed by atoms with Crippen molar-refractivity contribution in [2.75, 3.05) is 0 Å². The minimum Gasteiger partial charge on any atom is -0.387 e. The molecule has 0 saturated carbocycles. The van der Waals surface area contributed by atoms with Crippen LogP contribution in [0.3, 0.4) is 0 Å². The van der Waals surface area contributed by atoms with Crippen LogP contribution < -0.4 is 5.73 Å². The van der Waals surface area contributed by atoms with Crippen molar-refractivity contribution >= 4 is 17.2 Å². The summed E-state index contributed by atoms with van der Waals surface area (Å²) in [5, 5.41) is 0. The number of thiocarbonyl (C=S) groups is 1. The van der Waals surface area contributed by atoms with Crippen LogP contribution in [0.4, 0.5) is 0 Å². The average molecular weight is 218 g/mol. The fourth-order valence-electron chi connectivity index (χ4n) is 1.42. The molecule has 2 heterocycles. The first kappa shape index (κ1) is 9.79. The second kappa shape index (κ2) is 3.78. The minimum atomic E-state index is 0.288. The van der Waals surface area contributed by atoms with E-state index >= 15 is 0 Å². The van der Waals surface area contributed by atoms with E-state index in [4.69, 9.17) is 18.0 Å². The van der Waals surface area contributed by atoms with Gasteiger partial charge in [-0.1, -0.05) is 12.2 Å². The number of hydrogen-bond donors (Lipinski definition) is 1. The third kappa shape index (κ3) is 1.73. The van der Waals surface area contributed by atoms with Gasteiger partial charge in [0, 0.05) is 24.8 Å². The van der Waals surface area contributed by atoms with Crippen LogP contribution in [0.2, 0.25) is 0 Å². The maximum atomic E-state index is 5.58. The van der Waals surface area contributed by atoms with Crippen molar-refractivity contribution < 1.29 is 0 Å². The van der Waals surface area contributed by atoms with Crippen molar-refractivity contribution in [1.82, 2.24) is 14.5 Å². The molecular formula is C10H10N4S. The van der Waals surface area contributed by atoms with E-state index in [1.165, 1.54) is 0 Å².